The van der Waals surface area contributed by atoms with E-state index in [2.05, 4.69) is 31.8 Å². The molecule has 0 amide bonds. The Morgan fingerprint density at radius 3 is 2.67 bits per heavy atom. The number of nitrogens with zero attached hydrogens (tertiary/aromatic N) is 1. The molecule has 0 aromatic rings. The summed E-state index contributed by atoms with van der Waals surface area (Å²) in [6, 6.07) is 0. The molecule has 2 nitrogen and oxygen atoms in total. The van der Waals surface area contributed by atoms with Crippen LogP contribution in [0.15, 0.2) is 28.9 Å². The number of halogens is 3. The zero-order valence-electron chi connectivity index (χ0n) is 12.6. The normalized spacial score (nSPS) is 38.8. The molecule has 2 aliphatic rings. The zero-order chi connectivity index (χ0) is 15.8. The van der Waals surface area contributed by atoms with Gasteiger partial charge in [-0.2, -0.15) is 0 Å². The molecular weight excluding hydrogens is 329 g/mol. The summed E-state index contributed by atoms with van der Waals surface area (Å²) in [5, 5.41) is 10.1. The van der Waals surface area contributed by atoms with E-state index in [1.54, 1.807) is 6.20 Å². The highest BCUT2D eigenvalue weighted by Gasteiger charge is 2.54. The number of rotatable bonds is 2. The first-order valence-electron chi connectivity index (χ1n) is 7.26. The van der Waals surface area contributed by atoms with Gasteiger partial charge in [-0.25, -0.2) is 4.99 Å². The van der Waals surface area contributed by atoms with Gasteiger partial charge >= 0.3 is 0 Å². The van der Waals surface area contributed by atoms with Gasteiger partial charge in [0.25, 0.3) is 0 Å². The summed E-state index contributed by atoms with van der Waals surface area (Å²) in [5.41, 5.74) is 1.08. The molecule has 1 saturated carbocycles. The van der Waals surface area contributed by atoms with Crippen LogP contribution in [0, 0.1) is 16.7 Å². The smallest absolute Gasteiger partial charge is 0.196 e. The number of aliphatic hydroxyl groups is 1. The maximum atomic E-state index is 10.3. The van der Waals surface area contributed by atoms with Crippen LogP contribution in [0.1, 0.15) is 40.0 Å². The average Bonchev–Trinajstić information content (AvgIpc) is 2.35. The lowest BCUT2D eigenvalue weighted by molar-refractivity contribution is -0.0477. The van der Waals surface area contributed by atoms with Gasteiger partial charge in [-0.1, -0.05) is 26.8 Å². The zero-order valence-corrected chi connectivity index (χ0v) is 14.9. The van der Waals surface area contributed by atoms with Crippen LogP contribution < -0.4 is 0 Å². The lowest BCUT2D eigenvalue weighted by Crippen LogP contribution is -2.54. The van der Waals surface area contributed by atoms with Gasteiger partial charge in [-0.3, -0.25) is 0 Å². The second-order valence-electron chi connectivity index (χ2n) is 7.00. The van der Waals surface area contributed by atoms with Crippen LogP contribution in [0.4, 0.5) is 0 Å². The van der Waals surface area contributed by atoms with E-state index < -0.39 is 6.10 Å². The molecule has 1 fully saturated rings. The fourth-order valence-electron chi connectivity index (χ4n) is 4.22. The van der Waals surface area contributed by atoms with Crippen molar-refractivity contribution in [1.82, 2.24) is 0 Å². The second-order valence-corrected chi connectivity index (χ2v) is 8.38. The molecule has 4 atom stereocenters. The first-order chi connectivity index (χ1) is 9.67. The van der Waals surface area contributed by atoms with Crippen molar-refractivity contribution in [2.45, 2.75) is 51.5 Å². The van der Waals surface area contributed by atoms with E-state index in [1.165, 1.54) is 5.57 Å². The van der Waals surface area contributed by atoms with Crippen LogP contribution in [0.3, 0.4) is 0 Å². The van der Waals surface area contributed by atoms with Crippen molar-refractivity contribution in [2.24, 2.45) is 21.7 Å². The largest absolute Gasteiger partial charge is 0.392 e. The van der Waals surface area contributed by atoms with E-state index in [0.29, 0.717) is 12.3 Å². The van der Waals surface area contributed by atoms with E-state index in [1.807, 2.05) is 6.08 Å². The number of alkyl halides is 1. The molecule has 0 heterocycles. The van der Waals surface area contributed by atoms with Crippen LogP contribution >= 0.6 is 34.8 Å². The monoisotopic (exact) mass is 349 g/mol. The summed E-state index contributed by atoms with van der Waals surface area (Å²) < 4.78 is 0.00551. The van der Waals surface area contributed by atoms with Crippen LogP contribution in [-0.2, 0) is 0 Å². The Hall–Kier alpha value is -0.0200. The minimum Gasteiger partial charge on any atom is -0.392 e. The molecule has 0 bridgehead atoms. The number of aliphatic hydroxyl groups excluding tert-OH is 1. The molecule has 2 aliphatic carbocycles. The van der Waals surface area contributed by atoms with Crippen LogP contribution in [0.2, 0.25) is 0 Å². The lowest BCUT2D eigenvalue weighted by Gasteiger charge is -2.55. The molecule has 0 radical (unpaired) electrons. The van der Waals surface area contributed by atoms with Crippen molar-refractivity contribution in [3.63, 3.8) is 0 Å². The maximum absolute atomic E-state index is 10.3. The molecule has 0 saturated heterocycles. The van der Waals surface area contributed by atoms with E-state index >= 15 is 0 Å². The fraction of sp³-hybridized carbons (Fsp3) is 0.688. The number of allylic oxidation sites excluding steroid dienone is 3. The van der Waals surface area contributed by atoms with Gasteiger partial charge in [0.2, 0.25) is 0 Å². The molecular formula is C16H22Cl3NO. The van der Waals surface area contributed by atoms with Crippen molar-refractivity contribution >= 4 is 39.4 Å². The summed E-state index contributed by atoms with van der Waals surface area (Å²) in [6.45, 7) is 6.56. The summed E-state index contributed by atoms with van der Waals surface area (Å²) in [4.78, 5) is 3.86. The fourth-order valence-corrected chi connectivity index (χ4v) is 4.58. The van der Waals surface area contributed by atoms with Crippen molar-refractivity contribution in [3.05, 3.63) is 23.9 Å². The van der Waals surface area contributed by atoms with E-state index in [4.69, 9.17) is 34.8 Å². The maximum Gasteiger partial charge on any atom is 0.196 e. The molecule has 0 unspecified atom stereocenters. The van der Waals surface area contributed by atoms with E-state index in [0.717, 1.165) is 12.8 Å². The molecule has 1 N–H and O–H groups in total. The van der Waals surface area contributed by atoms with Gasteiger partial charge < -0.3 is 5.11 Å². The summed E-state index contributed by atoms with van der Waals surface area (Å²) in [7, 11) is 0. The highest BCUT2D eigenvalue weighted by atomic mass is 35.5. The number of fused-ring (bicyclic) bond motifs is 1. The van der Waals surface area contributed by atoms with Gasteiger partial charge in [0.05, 0.1) is 11.5 Å². The standard InChI is InChI=1S/C16H22Cl3NO/c1-15(2)12-5-4-10(6-7-20-14(18)19)8-16(12,3)9-11(21)13(15)17/h6-8,11-13,21H,4-5,9H2,1-3H3/b7-6+/t11-,12-,13-,16+/m0/s1. The highest BCUT2D eigenvalue weighted by molar-refractivity contribution is 6.95. The molecule has 2 rings (SSSR count). The molecule has 118 valence electrons. The molecule has 0 aromatic heterocycles. The average molecular weight is 351 g/mol. The first-order valence-corrected chi connectivity index (χ1v) is 8.45. The molecule has 0 aromatic carbocycles. The Labute approximate surface area is 141 Å². The Balaban J connectivity index is 2.28. The quantitative estimate of drug-likeness (QED) is 0.547. The molecule has 0 spiro atoms. The summed E-state index contributed by atoms with van der Waals surface area (Å²) in [5.74, 6) is 0.466. The topological polar surface area (TPSA) is 32.6 Å². The SMILES string of the molecule is CC1(C)[C@@H](Cl)[C@@H](O)C[C@@]2(C)C=C(/C=C/N=C(Cl)Cl)CC[C@@H]12. The predicted molar refractivity (Wildman–Crippen MR) is 91.2 cm³/mol. The van der Waals surface area contributed by atoms with Crippen LogP contribution in [-0.4, -0.2) is 21.2 Å². The Kier molecular flexibility index (Phi) is 5.15. The van der Waals surface area contributed by atoms with Crippen molar-refractivity contribution < 1.29 is 5.11 Å². The minimum atomic E-state index is -0.474. The summed E-state index contributed by atoms with van der Waals surface area (Å²) >= 11 is 17.5. The van der Waals surface area contributed by atoms with Crippen molar-refractivity contribution in [2.75, 3.05) is 0 Å². The van der Waals surface area contributed by atoms with Crippen molar-refractivity contribution in [1.29, 1.82) is 0 Å². The Morgan fingerprint density at radius 1 is 1.38 bits per heavy atom. The third-order valence-electron chi connectivity index (χ3n) is 5.09. The van der Waals surface area contributed by atoms with Gasteiger partial charge in [0.15, 0.2) is 4.63 Å². The minimum absolute atomic E-state index is 0.00551. The molecule has 21 heavy (non-hydrogen) atoms. The molecule has 5 heteroatoms. The molecule has 0 aliphatic heterocycles. The van der Waals surface area contributed by atoms with Crippen LogP contribution in [0.25, 0.3) is 0 Å². The second kappa shape index (κ2) is 6.23. The number of hydrogen-bond donors (Lipinski definition) is 1. The predicted octanol–water partition coefficient (Wildman–Crippen LogP) is 5.07. The number of aliphatic imine (C=N–C) groups is 1. The Morgan fingerprint density at radius 2 is 2.05 bits per heavy atom. The van der Waals surface area contributed by atoms with E-state index in [9.17, 15) is 5.11 Å². The number of hydrogen-bond acceptors (Lipinski definition) is 2. The van der Waals surface area contributed by atoms with Gasteiger partial charge in [-0.05, 0) is 70.9 Å². The Bertz CT molecular complexity index is 494. The lowest BCUT2D eigenvalue weighted by atomic mass is 9.52. The third-order valence-corrected chi connectivity index (χ3v) is 6.14. The van der Waals surface area contributed by atoms with E-state index in [-0.39, 0.29) is 20.8 Å². The first kappa shape index (κ1) is 17.3. The third kappa shape index (κ3) is 3.50. The van der Waals surface area contributed by atoms with Crippen molar-refractivity contribution in [3.8, 4) is 0 Å². The summed E-state index contributed by atoms with van der Waals surface area (Å²) in [6.07, 6.45) is 8.11. The van der Waals surface area contributed by atoms with Gasteiger partial charge in [0, 0.05) is 6.20 Å². The highest BCUT2D eigenvalue weighted by Crippen LogP contribution is 2.57. The van der Waals surface area contributed by atoms with Crippen LogP contribution in [0.5, 0.6) is 0 Å². The van der Waals surface area contributed by atoms with Gasteiger partial charge in [0.1, 0.15) is 0 Å². The van der Waals surface area contributed by atoms with Gasteiger partial charge in [-0.15, -0.1) is 11.6 Å².